The molecule has 0 spiro atoms. The maximum atomic E-state index is 12.9. The van der Waals surface area contributed by atoms with Gasteiger partial charge in [-0.25, -0.2) is 0 Å². The van der Waals surface area contributed by atoms with Gasteiger partial charge in [-0.15, -0.1) is 0 Å². The predicted molar refractivity (Wildman–Crippen MR) is 103 cm³/mol. The van der Waals surface area contributed by atoms with Crippen LogP contribution in [0.4, 0.5) is 11.4 Å². The van der Waals surface area contributed by atoms with Crippen LogP contribution in [0.3, 0.4) is 0 Å². The van der Waals surface area contributed by atoms with Crippen LogP contribution < -0.4 is 4.90 Å². The minimum Gasteiger partial charge on any atom is -0.365 e. The van der Waals surface area contributed by atoms with E-state index in [9.17, 15) is 14.9 Å². The minimum absolute atomic E-state index is 0.0433. The van der Waals surface area contributed by atoms with E-state index in [1.165, 1.54) is 6.07 Å². The molecule has 142 valence electrons. The number of hydrogen-bond donors (Lipinski definition) is 0. The van der Waals surface area contributed by atoms with Crippen molar-refractivity contribution in [3.05, 3.63) is 33.9 Å². The summed E-state index contributed by atoms with van der Waals surface area (Å²) in [4.78, 5) is 28.2. The molecule has 1 aromatic rings. The number of benzene rings is 1. The molecule has 26 heavy (non-hydrogen) atoms. The summed E-state index contributed by atoms with van der Waals surface area (Å²) >= 11 is 0. The van der Waals surface area contributed by atoms with Gasteiger partial charge in [0.25, 0.3) is 11.6 Å². The quantitative estimate of drug-likeness (QED) is 0.602. The molecule has 0 saturated carbocycles. The molecule has 2 fully saturated rings. The van der Waals surface area contributed by atoms with E-state index >= 15 is 0 Å². The summed E-state index contributed by atoms with van der Waals surface area (Å²) in [7, 11) is 0. The first kappa shape index (κ1) is 18.7. The van der Waals surface area contributed by atoms with E-state index in [1.807, 2.05) is 4.90 Å². The highest BCUT2D eigenvalue weighted by atomic mass is 16.6. The van der Waals surface area contributed by atoms with E-state index < -0.39 is 0 Å². The Hall–Kier alpha value is -2.11. The normalized spacial score (nSPS) is 26.7. The van der Waals surface area contributed by atoms with Gasteiger partial charge in [0.05, 0.1) is 4.92 Å². The zero-order chi connectivity index (χ0) is 18.8. The first-order chi connectivity index (χ1) is 12.4. The van der Waals surface area contributed by atoms with Gasteiger partial charge in [-0.2, -0.15) is 0 Å². The monoisotopic (exact) mass is 359 g/mol. The smallest absolute Gasteiger partial charge is 0.293 e. The number of piperidine rings is 2. The predicted octanol–water partition coefficient (Wildman–Crippen LogP) is 4.09. The molecule has 0 aromatic heterocycles. The van der Waals surface area contributed by atoms with Crippen LogP contribution in [0, 0.1) is 22.0 Å². The van der Waals surface area contributed by atoms with Crippen molar-refractivity contribution in [1.82, 2.24) is 4.90 Å². The standard InChI is InChI=1S/C20H29N3O3/c1-14-10-15(2)13-21(12-14)18-8-7-17(11-19(18)23(25)26)20(24)22-9-5-4-6-16(22)3/h7-8,11,14-16H,4-6,9-10,12-13H2,1-3H3. The van der Waals surface area contributed by atoms with Gasteiger partial charge in [0.1, 0.15) is 5.69 Å². The molecule has 2 saturated heterocycles. The minimum atomic E-state index is -0.352. The average molecular weight is 359 g/mol. The summed E-state index contributed by atoms with van der Waals surface area (Å²) in [6.07, 6.45) is 4.28. The number of carbonyl (C=O) groups is 1. The zero-order valence-corrected chi connectivity index (χ0v) is 16.0. The van der Waals surface area contributed by atoms with Crippen molar-refractivity contribution >= 4 is 17.3 Å². The Bertz CT molecular complexity index is 681. The third-order valence-corrected chi connectivity index (χ3v) is 5.69. The van der Waals surface area contributed by atoms with Gasteiger partial charge >= 0.3 is 0 Å². The second-order valence-corrected chi connectivity index (χ2v) is 8.15. The largest absolute Gasteiger partial charge is 0.365 e. The second-order valence-electron chi connectivity index (χ2n) is 8.15. The molecule has 0 aliphatic carbocycles. The topological polar surface area (TPSA) is 66.7 Å². The third kappa shape index (κ3) is 3.84. The van der Waals surface area contributed by atoms with Gasteiger partial charge in [-0.05, 0) is 56.6 Å². The molecule has 0 radical (unpaired) electrons. The lowest BCUT2D eigenvalue weighted by atomic mass is 9.91. The number of rotatable bonds is 3. The highest BCUT2D eigenvalue weighted by molar-refractivity contribution is 5.96. The Morgan fingerprint density at radius 2 is 1.85 bits per heavy atom. The van der Waals surface area contributed by atoms with Crippen LogP contribution in [0.25, 0.3) is 0 Å². The zero-order valence-electron chi connectivity index (χ0n) is 16.0. The van der Waals surface area contributed by atoms with Gasteiger partial charge in [-0.1, -0.05) is 13.8 Å². The van der Waals surface area contributed by atoms with Crippen molar-refractivity contribution < 1.29 is 9.72 Å². The van der Waals surface area contributed by atoms with Crippen molar-refractivity contribution in [2.75, 3.05) is 24.5 Å². The maximum Gasteiger partial charge on any atom is 0.293 e. The summed E-state index contributed by atoms with van der Waals surface area (Å²) in [5.74, 6) is 0.926. The highest BCUT2D eigenvalue weighted by Gasteiger charge is 2.30. The first-order valence-electron chi connectivity index (χ1n) is 9.71. The summed E-state index contributed by atoms with van der Waals surface area (Å²) in [5.41, 5.74) is 1.10. The summed E-state index contributed by atoms with van der Waals surface area (Å²) < 4.78 is 0. The third-order valence-electron chi connectivity index (χ3n) is 5.69. The van der Waals surface area contributed by atoms with Crippen molar-refractivity contribution in [3.63, 3.8) is 0 Å². The number of amides is 1. The van der Waals surface area contributed by atoms with Gasteiger partial charge in [0.2, 0.25) is 0 Å². The lowest BCUT2D eigenvalue weighted by Gasteiger charge is -2.36. The molecule has 1 amide bonds. The van der Waals surface area contributed by atoms with Gasteiger partial charge in [-0.3, -0.25) is 14.9 Å². The Labute approximate surface area is 155 Å². The molecule has 3 atom stereocenters. The fourth-order valence-corrected chi connectivity index (χ4v) is 4.50. The van der Waals surface area contributed by atoms with Crippen molar-refractivity contribution in [2.24, 2.45) is 11.8 Å². The van der Waals surface area contributed by atoms with E-state index in [0.29, 0.717) is 23.1 Å². The SMILES string of the molecule is CC1CC(C)CN(c2ccc(C(=O)N3CCCCC3C)cc2[N+](=O)[O-])C1. The Morgan fingerprint density at radius 3 is 2.46 bits per heavy atom. The van der Waals surface area contributed by atoms with E-state index in [1.54, 1.807) is 12.1 Å². The number of nitrogens with zero attached hydrogens (tertiary/aromatic N) is 3. The molecule has 3 unspecified atom stereocenters. The number of nitro groups is 1. The molecular formula is C20H29N3O3. The van der Waals surface area contributed by atoms with Crippen molar-refractivity contribution in [3.8, 4) is 0 Å². The Balaban J connectivity index is 1.89. The van der Waals surface area contributed by atoms with Crippen LogP contribution in [-0.2, 0) is 0 Å². The maximum absolute atomic E-state index is 12.9. The number of nitro benzene ring substituents is 1. The fourth-order valence-electron chi connectivity index (χ4n) is 4.50. The number of carbonyl (C=O) groups excluding carboxylic acids is 1. The molecule has 2 aliphatic rings. The van der Waals surface area contributed by atoms with Crippen LogP contribution >= 0.6 is 0 Å². The molecule has 2 aliphatic heterocycles. The number of hydrogen-bond acceptors (Lipinski definition) is 4. The second kappa shape index (κ2) is 7.64. The molecule has 6 nitrogen and oxygen atoms in total. The first-order valence-corrected chi connectivity index (χ1v) is 9.71. The van der Waals surface area contributed by atoms with Crippen molar-refractivity contribution in [2.45, 2.75) is 52.5 Å². The lowest BCUT2D eigenvalue weighted by Crippen LogP contribution is -2.42. The molecule has 3 rings (SSSR count). The summed E-state index contributed by atoms with van der Waals surface area (Å²) in [6.45, 7) is 8.80. The number of likely N-dealkylation sites (tertiary alicyclic amines) is 1. The summed E-state index contributed by atoms with van der Waals surface area (Å²) in [5, 5.41) is 11.7. The Kier molecular flexibility index (Phi) is 5.49. The molecular weight excluding hydrogens is 330 g/mol. The van der Waals surface area contributed by atoms with Crippen LogP contribution in [0.1, 0.15) is 56.8 Å². The van der Waals surface area contributed by atoms with Crippen LogP contribution in [0.2, 0.25) is 0 Å². The lowest BCUT2D eigenvalue weighted by molar-refractivity contribution is -0.384. The summed E-state index contributed by atoms with van der Waals surface area (Å²) in [6, 6.07) is 5.20. The van der Waals surface area contributed by atoms with E-state index in [4.69, 9.17) is 0 Å². The van der Waals surface area contributed by atoms with Gasteiger partial charge in [0.15, 0.2) is 0 Å². The fraction of sp³-hybridized carbons (Fsp3) is 0.650. The van der Waals surface area contributed by atoms with Crippen LogP contribution in [0.15, 0.2) is 18.2 Å². The molecule has 0 N–H and O–H groups in total. The van der Waals surface area contributed by atoms with Crippen LogP contribution in [-0.4, -0.2) is 41.4 Å². The van der Waals surface area contributed by atoms with E-state index in [2.05, 4.69) is 25.7 Å². The highest BCUT2D eigenvalue weighted by Crippen LogP contribution is 2.34. The van der Waals surface area contributed by atoms with Crippen LogP contribution in [0.5, 0.6) is 0 Å². The van der Waals surface area contributed by atoms with E-state index in [-0.39, 0.29) is 22.6 Å². The molecule has 6 heteroatoms. The molecule has 2 heterocycles. The Morgan fingerprint density at radius 1 is 1.15 bits per heavy atom. The van der Waals surface area contributed by atoms with Gasteiger partial charge < -0.3 is 9.80 Å². The molecule has 0 bridgehead atoms. The molecule has 1 aromatic carbocycles. The average Bonchev–Trinajstić information content (AvgIpc) is 2.60. The number of anilines is 1. The van der Waals surface area contributed by atoms with Crippen molar-refractivity contribution in [1.29, 1.82) is 0 Å². The van der Waals surface area contributed by atoms with Gasteiger partial charge in [0, 0.05) is 37.3 Å². The van der Waals surface area contributed by atoms with E-state index in [0.717, 1.165) is 45.3 Å².